The van der Waals surface area contributed by atoms with Crippen molar-refractivity contribution in [2.24, 2.45) is 5.41 Å². The number of carbonyl (C=O) groups is 2. The highest BCUT2D eigenvalue weighted by Gasteiger charge is 2.32. The molecular weight excluding hydrogens is 282 g/mol. The molecule has 1 saturated heterocycles. The minimum Gasteiger partial charge on any atom is -0.478 e. The molecule has 1 fully saturated rings. The van der Waals surface area contributed by atoms with Crippen molar-refractivity contribution in [2.45, 2.75) is 20.3 Å². The van der Waals surface area contributed by atoms with Crippen LogP contribution in [0.5, 0.6) is 0 Å². The van der Waals surface area contributed by atoms with Crippen molar-refractivity contribution in [1.82, 2.24) is 4.90 Å². The van der Waals surface area contributed by atoms with Gasteiger partial charge in [-0.1, -0.05) is 13.8 Å². The van der Waals surface area contributed by atoms with Crippen molar-refractivity contribution in [3.8, 4) is 0 Å². The lowest BCUT2D eigenvalue weighted by Crippen LogP contribution is -2.34. The van der Waals surface area contributed by atoms with Crippen LogP contribution in [0.25, 0.3) is 0 Å². The monoisotopic (exact) mass is 298 g/mol. The number of urea groups is 1. The standard InChI is InChI=1S/C14H16F2N2O3/c1-14(2)3-4-18(7-14)13(21)17-11-5-8(12(19)20)9(15)6-10(11)16/h5-6H,3-4,7H2,1-2H3,(H,17,21)(H,19,20). The fourth-order valence-corrected chi connectivity index (χ4v) is 2.29. The first-order chi connectivity index (χ1) is 9.69. The molecule has 2 rings (SSSR count). The van der Waals surface area contributed by atoms with Gasteiger partial charge in [-0.25, -0.2) is 18.4 Å². The van der Waals surface area contributed by atoms with Crippen molar-refractivity contribution in [3.05, 3.63) is 29.3 Å². The lowest BCUT2D eigenvalue weighted by molar-refractivity contribution is 0.0691. The van der Waals surface area contributed by atoms with Gasteiger partial charge in [0.15, 0.2) is 0 Å². The van der Waals surface area contributed by atoms with Crippen LogP contribution in [0.15, 0.2) is 12.1 Å². The second-order valence-electron chi connectivity index (χ2n) is 5.88. The van der Waals surface area contributed by atoms with Crippen molar-refractivity contribution >= 4 is 17.7 Å². The Morgan fingerprint density at radius 3 is 2.48 bits per heavy atom. The summed E-state index contributed by atoms with van der Waals surface area (Å²) in [6.45, 7) is 5.09. The number of carbonyl (C=O) groups excluding carboxylic acids is 1. The van der Waals surface area contributed by atoms with E-state index in [1.807, 2.05) is 13.8 Å². The summed E-state index contributed by atoms with van der Waals surface area (Å²) in [5.74, 6) is -3.71. The van der Waals surface area contributed by atoms with E-state index in [1.165, 1.54) is 4.90 Å². The number of hydrogen-bond acceptors (Lipinski definition) is 2. The lowest BCUT2D eigenvalue weighted by Gasteiger charge is -2.20. The maximum absolute atomic E-state index is 13.6. The molecule has 1 aromatic carbocycles. The molecule has 1 aliphatic heterocycles. The highest BCUT2D eigenvalue weighted by atomic mass is 19.1. The molecule has 7 heteroatoms. The van der Waals surface area contributed by atoms with E-state index in [0.29, 0.717) is 19.2 Å². The molecule has 21 heavy (non-hydrogen) atoms. The van der Waals surface area contributed by atoms with Crippen molar-refractivity contribution in [2.75, 3.05) is 18.4 Å². The van der Waals surface area contributed by atoms with Gasteiger partial charge in [0.05, 0.1) is 11.3 Å². The third-order valence-corrected chi connectivity index (χ3v) is 3.49. The molecule has 0 bridgehead atoms. The normalized spacial score (nSPS) is 16.9. The number of halogens is 2. The average Bonchev–Trinajstić information content (AvgIpc) is 2.72. The predicted octanol–water partition coefficient (Wildman–Crippen LogP) is 2.93. The number of nitrogens with zero attached hydrogens (tertiary/aromatic N) is 1. The Kier molecular flexibility index (Phi) is 3.85. The van der Waals surface area contributed by atoms with E-state index in [-0.39, 0.29) is 11.1 Å². The first-order valence-corrected chi connectivity index (χ1v) is 6.48. The second-order valence-corrected chi connectivity index (χ2v) is 5.88. The summed E-state index contributed by atoms with van der Waals surface area (Å²) in [5.41, 5.74) is -1.04. The van der Waals surface area contributed by atoms with Crippen LogP contribution in [-0.2, 0) is 0 Å². The number of benzene rings is 1. The molecule has 0 radical (unpaired) electrons. The Balaban J connectivity index is 2.18. The quantitative estimate of drug-likeness (QED) is 0.882. The molecule has 0 saturated carbocycles. The molecule has 0 unspecified atom stereocenters. The molecule has 0 aliphatic carbocycles. The molecule has 1 aliphatic rings. The Morgan fingerprint density at radius 2 is 1.95 bits per heavy atom. The Hall–Kier alpha value is -2.18. The van der Waals surface area contributed by atoms with E-state index < -0.39 is 29.2 Å². The van der Waals surface area contributed by atoms with E-state index in [2.05, 4.69) is 5.32 Å². The minimum absolute atomic E-state index is 0.00902. The largest absolute Gasteiger partial charge is 0.478 e. The number of anilines is 1. The van der Waals surface area contributed by atoms with Gasteiger partial charge in [0, 0.05) is 19.2 Å². The van der Waals surface area contributed by atoms with E-state index in [1.54, 1.807) is 0 Å². The fraction of sp³-hybridized carbons (Fsp3) is 0.429. The smallest absolute Gasteiger partial charge is 0.338 e. The molecule has 0 aromatic heterocycles. The van der Waals surface area contributed by atoms with Crippen LogP contribution in [0.4, 0.5) is 19.3 Å². The van der Waals surface area contributed by atoms with E-state index in [0.717, 1.165) is 12.5 Å². The summed E-state index contributed by atoms with van der Waals surface area (Å²) < 4.78 is 26.9. The van der Waals surface area contributed by atoms with Crippen LogP contribution in [0.1, 0.15) is 30.6 Å². The van der Waals surface area contributed by atoms with Crippen molar-refractivity contribution in [1.29, 1.82) is 0 Å². The van der Waals surface area contributed by atoms with Gasteiger partial charge in [-0.15, -0.1) is 0 Å². The number of amides is 2. The Morgan fingerprint density at radius 1 is 1.29 bits per heavy atom. The fourth-order valence-electron chi connectivity index (χ4n) is 2.29. The SMILES string of the molecule is CC1(C)CCN(C(=O)Nc2cc(C(=O)O)c(F)cc2F)C1. The lowest BCUT2D eigenvalue weighted by atomic mass is 9.93. The zero-order valence-electron chi connectivity index (χ0n) is 11.7. The van der Waals surface area contributed by atoms with Crippen LogP contribution >= 0.6 is 0 Å². The number of hydrogen-bond donors (Lipinski definition) is 2. The molecule has 1 aromatic rings. The molecule has 0 spiro atoms. The third-order valence-electron chi connectivity index (χ3n) is 3.49. The van der Waals surface area contributed by atoms with Gasteiger partial charge in [-0.3, -0.25) is 0 Å². The topological polar surface area (TPSA) is 69.6 Å². The van der Waals surface area contributed by atoms with E-state index in [4.69, 9.17) is 5.11 Å². The molecular formula is C14H16F2N2O3. The van der Waals surface area contributed by atoms with Gasteiger partial charge in [0.1, 0.15) is 11.6 Å². The van der Waals surface area contributed by atoms with Crippen LogP contribution in [0.3, 0.4) is 0 Å². The molecule has 5 nitrogen and oxygen atoms in total. The van der Waals surface area contributed by atoms with Crippen LogP contribution in [-0.4, -0.2) is 35.1 Å². The Labute approximate surface area is 120 Å². The van der Waals surface area contributed by atoms with Gasteiger partial charge >= 0.3 is 12.0 Å². The molecule has 2 N–H and O–H groups in total. The van der Waals surface area contributed by atoms with Gasteiger partial charge < -0.3 is 15.3 Å². The summed E-state index contributed by atoms with van der Waals surface area (Å²) in [7, 11) is 0. The summed E-state index contributed by atoms with van der Waals surface area (Å²) in [5, 5.41) is 11.1. The summed E-state index contributed by atoms with van der Waals surface area (Å²) in [6, 6.07) is 0.710. The summed E-state index contributed by atoms with van der Waals surface area (Å²) in [4.78, 5) is 24.4. The van der Waals surface area contributed by atoms with Gasteiger partial charge in [0.25, 0.3) is 0 Å². The number of rotatable bonds is 2. The highest BCUT2D eigenvalue weighted by molar-refractivity contribution is 5.93. The molecule has 1 heterocycles. The molecule has 2 amide bonds. The number of carboxylic acids is 1. The number of likely N-dealkylation sites (tertiary alicyclic amines) is 1. The van der Waals surface area contributed by atoms with E-state index >= 15 is 0 Å². The van der Waals surface area contributed by atoms with Gasteiger partial charge in [-0.05, 0) is 17.9 Å². The van der Waals surface area contributed by atoms with Gasteiger partial charge in [-0.2, -0.15) is 0 Å². The first-order valence-electron chi connectivity index (χ1n) is 6.48. The second kappa shape index (κ2) is 5.31. The van der Waals surface area contributed by atoms with Crippen molar-refractivity contribution in [3.63, 3.8) is 0 Å². The first kappa shape index (κ1) is 15.2. The zero-order chi connectivity index (χ0) is 15.8. The summed E-state index contributed by atoms with van der Waals surface area (Å²) >= 11 is 0. The zero-order valence-corrected chi connectivity index (χ0v) is 11.7. The minimum atomic E-state index is -1.52. The highest BCUT2D eigenvalue weighted by Crippen LogP contribution is 2.29. The maximum Gasteiger partial charge on any atom is 0.338 e. The molecule has 0 atom stereocenters. The Bertz CT molecular complexity index is 602. The average molecular weight is 298 g/mol. The molecule has 114 valence electrons. The van der Waals surface area contributed by atoms with Crippen LogP contribution in [0, 0.1) is 17.0 Å². The van der Waals surface area contributed by atoms with Crippen molar-refractivity contribution < 1.29 is 23.5 Å². The maximum atomic E-state index is 13.6. The number of nitrogens with one attached hydrogen (secondary N) is 1. The third kappa shape index (κ3) is 3.29. The number of carboxylic acid groups (broad SMARTS) is 1. The number of aromatic carboxylic acids is 1. The predicted molar refractivity (Wildman–Crippen MR) is 72.3 cm³/mol. The van der Waals surface area contributed by atoms with Crippen LogP contribution in [0.2, 0.25) is 0 Å². The van der Waals surface area contributed by atoms with Gasteiger partial charge in [0.2, 0.25) is 0 Å². The summed E-state index contributed by atoms with van der Waals surface area (Å²) in [6.07, 6.45) is 0.826. The van der Waals surface area contributed by atoms with E-state index in [9.17, 15) is 18.4 Å². The van der Waals surface area contributed by atoms with Crippen LogP contribution < -0.4 is 5.32 Å².